The molecule has 0 aromatic heterocycles. The molecule has 22 heavy (non-hydrogen) atoms. The maximum Gasteiger partial charge on any atom is 0.253 e. The second-order valence-electron chi connectivity index (χ2n) is 5.27. The number of nitrogens with one attached hydrogen (secondary N) is 2. The summed E-state index contributed by atoms with van der Waals surface area (Å²) in [7, 11) is -3.61. The van der Waals surface area contributed by atoms with Gasteiger partial charge in [0.05, 0.1) is 24.1 Å². The number of hydrogen-bond acceptors (Lipinski definition) is 5. The number of anilines is 1. The Kier molecular flexibility index (Phi) is 4.69. The van der Waals surface area contributed by atoms with Crippen molar-refractivity contribution < 1.29 is 27.4 Å². The van der Waals surface area contributed by atoms with E-state index in [1.54, 1.807) is 0 Å². The molecule has 7 nitrogen and oxygen atoms in total. The van der Waals surface area contributed by atoms with Crippen molar-refractivity contribution in [3.05, 3.63) is 29.6 Å². The van der Waals surface area contributed by atoms with Gasteiger partial charge in [-0.15, -0.1) is 0 Å². The van der Waals surface area contributed by atoms with Gasteiger partial charge in [-0.2, -0.15) is 0 Å². The molecule has 0 aliphatic carbocycles. The Morgan fingerprint density at radius 3 is 2.82 bits per heavy atom. The first kappa shape index (κ1) is 16.7. The van der Waals surface area contributed by atoms with Gasteiger partial charge in [-0.3, -0.25) is 9.52 Å². The third-order valence-electron chi connectivity index (χ3n) is 3.18. The number of carbonyl (C=O) groups excluding carboxylic acids is 1. The molecule has 3 N–H and O–H groups in total. The average molecular weight is 332 g/mol. The molecule has 122 valence electrons. The van der Waals surface area contributed by atoms with E-state index in [2.05, 4.69) is 10.0 Å². The lowest BCUT2D eigenvalue weighted by Crippen LogP contribution is -2.43. The zero-order chi connectivity index (χ0) is 16.4. The van der Waals surface area contributed by atoms with Crippen molar-refractivity contribution in [3.63, 3.8) is 0 Å². The number of aliphatic hydroxyl groups is 1. The predicted molar refractivity (Wildman–Crippen MR) is 77.6 cm³/mol. The smallest absolute Gasteiger partial charge is 0.253 e. The SMILES string of the molecule is CS(=O)(=O)Nc1ccc(F)cc1C(=O)NCC1(O)CCOC1. The van der Waals surface area contributed by atoms with Gasteiger partial charge in [0.2, 0.25) is 10.0 Å². The molecule has 1 aliphatic rings. The highest BCUT2D eigenvalue weighted by molar-refractivity contribution is 7.92. The molecule has 1 atom stereocenters. The van der Waals surface area contributed by atoms with Gasteiger partial charge in [0.1, 0.15) is 11.4 Å². The first-order chi connectivity index (χ1) is 10.2. The molecule has 0 saturated carbocycles. The summed E-state index contributed by atoms with van der Waals surface area (Å²) in [5.41, 5.74) is -1.35. The molecule has 1 aliphatic heterocycles. The Labute approximate surface area is 127 Å². The lowest BCUT2D eigenvalue weighted by molar-refractivity contribution is 0.0264. The van der Waals surface area contributed by atoms with E-state index >= 15 is 0 Å². The molecule has 1 aromatic rings. The van der Waals surface area contributed by atoms with Crippen LogP contribution in [0.25, 0.3) is 0 Å². The van der Waals surface area contributed by atoms with Gasteiger partial charge in [-0.1, -0.05) is 0 Å². The summed E-state index contributed by atoms with van der Waals surface area (Å²) in [6, 6.07) is 3.14. The van der Waals surface area contributed by atoms with Crippen molar-refractivity contribution in [1.29, 1.82) is 0 Å². The minimum Gasteiger partial charge on any atom is -0.386 e. The third kappa shape index (κ3) is 4.39. The minimum absolute atomic E-state index is 0.0314. The molecule has 1 aromatic carbocycles. The Balaban J connectivity index is 2.15. The van der Waals surface area contributed by atoms with Crippen molar-refractivity contribution in [2.75, 3.05) is 30.7 Å². The van der Waals surface area contributed by atoms with Gasteiger partial charge in [-0.25, -0.2) is 12.8 Å². The summed E-state index contributed by atoms with van der Waals surface area (Å²) >= 11 is 0. The lowest BCUT2D eigenvalue weighted by atomic mass is 10.0. The molecule has 1 saturated heterocycles. The van der Waals surface area contributed by atoms with Crippen LogP contribution >= 0.6 is 0 Å². The summed E-state index contributed by atoms with van der Waals surface area (Å²) in [5, 5.41) is 12.5. The van der Waals surface area contributed by atoms with E-state index in [0.29, 0.717) is 13.0 Å². The largest absolute Gasteiger partial charge is 0.386 e. The van der Waals surface area contributed by atoms with Gasteiger partial charge in [-0.05, 0) is 18.2 Å². The summed E-state index contributed by atoms with van der Waals surface area (Å²) < 4.78 is 43.1. The Hall–Kier alpha value is -1.71. The van der Waals surface area contributed by atoms with Crippen molar-refractivity contribution in [3.8, 4) is 0 Å². The summed E-state index contributed by atoms with van der Waals surface area (Å²) in [6.07, 6.45) is 1.31. The summed E-state index contributed by atoms with van der Waals surface area (Å²) in [5.74, 6) is -1.36. The van der Waals surface area contributed by atoms with Crippen LogP contribution < -0.4 is 10.0 Å². The topological polar surface area (TPSA) is 105 Å². The number of halogens is 1. The van der Waals surface area contributed by atoms with Crippen molar-refractivity contribution in [2.45, 2.75) is 12.0 Å². The molecule has 0 spiro atoms. The molecular weight excluding hydrogens is 315 g/mol. The molecule has 0 bridgehead atoms. The molecule has 1 fully saturated rings. The van der Waals surface area contributed by atoms with Gasteiger partial charge < -0.3 is 15.2 Å². The monoisotopic (exact) mass is 332 g/mol. The highest BCUT2D eigenvalue weighted by atomic mass is 32.2. The van der Waals surface area contributed by atoms with E-state index in [0.717, 1.165) is 18.4 Å². The summed E-state index contributed by atoms with van der Waals surface area (Å²) in [4.78, 5) is 12.1. The first-order valence-electron chi connectivity index (χ1n) is 6.54. The van der Waals surface area contributed by atoms with Gasteiger partial charge in [0, 0.05) is 19.6 Å². The van der Waals surface area contributed by atoms with Crippen molar-refractivity contribution in [1.82, 2.24) is 5.32 Å². The fourth-order valence-corrected chi connectivity index (χ4v) is 2.65. The molecule has 2 rings (SSSR count). The van der Waals surface area contributed by atoms with E-state index in [1.807, 2.05) is 0 Å². The number of benzene rings is 1. The Bertz CT molecular complexity index is 671. The van der Waals surface area contributed by atoms with Gasteiger partial charge >= 0.3 is 0 Å². The van der Waals surface area contributed by atoms with E-state index in [4.69, 9.17) is 4.74 Å². The number of rotatable bonds is 5. The number of sulfonamides is 1. The highest BCUT2D eigenvalue weighted by Crippen LogP contribution is 2.20. The zero-order valence-electron chi connectivity index (χ0n) is 11.9. The molecular formula is C13H17FN2O5S. The second kappa shape index (κ2) is 6.19. The number of carbonyl (C=O) groups is 1. The Morgan fingerprint density at radius 1 is 1.50 bits per heavy atom. The Morgan fingerprint density at radius 2 is 2.23 bits per heavy atom. The van der Waals surface area contributed by atoms with Crippen LogP contribution in [0.1, 0.15) is 16.8 Å². The van der Waals surface area contributed by atoms with E-state index in [1.165, 1.54) is 6.07 Å². The maximum atomic E-state index is 13.3. The van der Waals surface area contributed by atoms with Crippen LogP contribution in [0, 0.1) is 5.82 Å². The normalized spacial score (nSPS) is 21.6. The maximum absolute atomic E-state index is 13.3. The van der Waals surface area contributed by atoms with Crippen molar-refractivity contribution >= 4 is 21.6 Å². The second-order valence-corrected chi connectivity index (χ2v) is 7.02. The average Bonchev–Trinajstić information content (AvgIpc) is 2.84. The standard InChI is InChI=1S/C13H17FN2O5S/c1-22(19,20)16-11-3-2-9(14)6-10(11)12(17)15-7-13(18)4-5-21-8-13/h2-3,6,16,18H,4-5,7-8H2,1H3,(H,15,17). The predicted octanol–water partition coefficient (Wildman–Crippen LogP) is 0.0784. The minimum atomic E-state index is -3.61. The zero-order valence-corrected chi connectivity index (χ0v) is 12.7. The fraction of sp³-hybridized carbons (Fsp3) is 0.462. The molecule has 9 heteroatoms. The third-order valence-corrected chi connectivity index (χ3v) is 3.77. The van der Waals surface area contributed by atoms with Crippen LogP contribution in [0.2, 0.25) is 0 Å². The number of ether oxygens (including phenoxy) is 1. The van der Waals surface area contributed by atoms with Gasteiger partial charge in [0.25, 0.3) is 5.91 Å². The molecule has 1 unspecified atom stereocenters. The molecule has 1 heterocycles. The van der Waals surface area contributed by atoms with Crippen LogP contribution in [0.5, 0.6) is 0 Å². The number of hydrogen-bond donors (Lipinski definition) is 3. The van der Waals surface area contributed by atoms with E-state index in [-0.39, 0.29) is 24.4 Å². The summed E-state index contributed by atoms with van der Waals surface area (Å²) in [6.45, 7) is 0.429. The van der Waals surface area contributed by atoms with Crippen LogP contribution in [0.3, 0.4) is 0 Å². The van der Waals surface area contributed by atoms with E-state index in [9.17, 15) is 22.7 Å². The van der Waals surface area contributed by atoms with Crippen molar-refractivity contribution in [2.24, 2.45) is 0 Å². The van der Waals surface area contributed by atoms with Crippen LogP contribution in [0.4, 0.5) is 10.1 Å². The van der Waals surface area contributed by atoms with Gasteiger partial charge in [0.15, 0.2) is 0 Å². The van der Waals surface area contributed by atoms with Crippen LogP contribution in [-0.2, 0) is 14.8 Å². The van der Waals surface area contributed by atoms with Crippen LogP contribution in [0.15, 0.2) is 18.2 Å². The first-order valence-corrected chi connectivity index (χ1v) is 8.43. The number of amides is 1. The van der Waals surface area contributed by atoms with E-state index < -0.39 is 27.3 Å². The quantitative estimate of drug-likeness (QED) is 0.708. The molecule has 0 radical (unpaired) electrons. The highest BCUT2D eigenvalue weighted by Gasteiger charge is 2.32. The fourth-order valence-electron chi connectivity index (χ4n) is 2.07. The molecule has 1 amide bonds. The lowest BCUT2D eigenvalue weighted by Gasteiger charge is -2.21. The van der Waals surface area contributed by atoms with Crippen LogP contribution in [-0.4, -0.2) is 51.0 Å².